The van der Waals surface area contributed by atoms with Crippen LogP contribution >= 0.6 is 23.2 Å². The molecule has 3 rings (SSSR count). The molecule has 1 amide bonds. The summed E-state index contributed by atoms with van der Waals surface area (Å²) in [6.45, 7) is 1.17. The monoisotopic (exact) mass is 388 g/mol. The van der Waals surface area contributed by atoms with Crippen molar-refractivity contribution in [2.75, 3.05) is 0 Å². The van der Waals surface area contributed by atoms with Crippen molar-refractivity contribution in [3.8, 4) is 0 Å². The maximum atomic E-state index is 12.1. The normalized spacial score (nSPS) is 10.7. The van der Waals surface area contributed by atoms with E-state index < -0.39 is 0 Å². The first-order valence-electron chi connectivity index (χ1n) is 8.21. The van der Waals surface area contributed by atoms with E-state index in [9.17, 15) is 4.79 Å². The van der Waals surface area contributed by atoms with Gasteiger partial charge in [-0.15, -0.1) is 0 Å². The van der Waals surface area contributed by atoms with Crippen molar-refractivity contribution >= 4 is 29.1 Å². The number of aryl methyl sites for hydroxylation is 1. The van der Waals surface area contributed by atoms with E-state index in [1.807, 2.05) is 36.4 Å². The van der Waals surface area contributed by atoms with Gasteiger partial charge >= 0.3 is 0 Å². The van der Waals surface area contributed by atoms with E-state index in [4.69, 9.17) is 23.2 Å². The first-order valence-corrected chi connectivity index (χ1v) is 8.97. The summed E-state index contributed by atoms with van der Waals surface area (Å²) in [5, 5.41) is 8.04. The number of carbonyl (C=O) groups excluding carboxylic acids is 1. The quantitative estimate of drug-likeness (QED) is 0.667. The third-order valence-corrected chi connectivity index (χ3v) is 4.83. The summed E-state index contributed by atoms with van der Waals surface area (Å²) >= 11 is 12.1. The standard InChI is InChI=1S/C19H18Cl2N4O/c20-17-3-1-2-16(19(17)21)8-9-18(26)23-10-14-4-6-15(7-5-14)11-25-13-22-12-24-25/h1-7,12-13H,8-11H2,(H,23,26). The van der Waals surface area contributed by atoms with Gasteiger partial charge in [-0.25, -0.2) is 9.67 Å². The first-order chi connectivity index (χ1) is 12.6. The Morgan fingerprint density at radius 3 is 2.58 bits per heavy atom. The predicted octanol–water partition coefficient (Wildman–Crippen LogP) is 3.88. The Morgan fingerprint density at radius 1 is 1.08 bits per heavy atom. The molecule has 1 heterocycles. The summed E-state index contributed by atoms with van der Waals surface area (Å²) in [6.07, 6.45) is 4.12. The molecular formula is C19H18Cl2N4O. The maximum absolute atomic E-state index is 12.1. The van der Waals surface area contributed by atoms with Crippen LogP contribution in [0.1, 0.15) is 23.1 Å². The Bertz CT molecular complexity index is 864. The summed E-state index contributed by atoms with van der Waals surface area (Å²) < 4.78 is 1.76. The lowest BCUT2D eigenvalue weighted by Crippen LogP contribution is -2.23. The van der Waals surface area contributed by atoms with Crippen molar-refractivity contribution in [2.24, 2.45) is 0 Å². The van der Waals surface area contributed by atoms with Crippen molar-refractivity contribution < 1.29 is 4.79 Å². The molecule has 1 aromatic heterocycles. The molecule has 26 heavy (non-hydrogen) atoms. The van der Waals surface area contributed by atoms with Crippen molar-refractivity contribution in [3.05, 3.63) is 81.9 Å². The highest BCUT2D eigenvalue weighted by molar-refractivity contribution is 6.42. The SMILES string of the molecule is O=C(CCc1cccc(Cl)c1Cl)NCc1ccc(Cn2cncn2)cc1. The van der Waals surface area contributed by atoms with E-state index in [1.54, 1.807) is 17.1 Å². The van der Waals surface area contributed by atoms with Gasteiger partial charge in [-0.3, -0.25) is 4.79 Å². The molecule has 134 valence electrons. The van der Waals surface area contributed by atoms with Crippen molar-refractivity contribution in [2.45, 2.75) is 25.9 Å². The maximum Gasteiger partial charge on any atom is 0.220 e. The molecule has 0 saturated heterocycles. The van der Waals surface area contributed by atoms with Crippen molar-refractivity contribution in [3.63, 3.8) is 0 Å². The van der Waals surface area contributed by atoms with Crippen LogP contribution in [0.2, 0.25) is 10.0 Å². The zero-order valence-corrected chi connectivity index (χ0v) is 15.5. The largest absolute Gasteiger partial charge is 0.352 e. The molecule has 0 atom stereocenters. The third kappa shape index (κ3) is 5.07. The van der Waals surface area contributed by atoms with Gasteiger partial charge in [-0.2, -0.15) is 5.10 Å². The van der Waals surface area contributed by atoms with Gasteiger partial charge < -0.3 is 5.32 Å². The summed E-state index contributed by atoms with van der Waals surface area (Å²) in [4.78, 5) is 16.0. The number of halogens is 2. The lowest BCUT2D eigenvalue weighted by Gasteiger charge is -2.08. The highest BCUT2D eigenvalue weighted by Crippen LogP contribution is 2.26. The second-order valence-corrected chi connectivity index (χ2v) is 6.68. The highest BCUT2D eigenvalue weighted by atomic mass is 35.5. The molecule has 2 aromatic carbocycles. The van der Waals surface area contributed by atoms with Crippen LogP contribution in [0.5, 0.6) is 0 Å². The van der Waals surface area contributed by atoms with Gasteiger partial charge in [0.2, 0.25) is 5.91 Å². The lowest BCUT2D eigenvalue weighted by atomic mass is 10.1. The fourth-order valence-corrected chi connectivity index (χ4v) is 2.96. The van der Waals surface area contributed by atoms with Gasteiger partial charge in [0.15, 0.2) is 0 Å². The topological polar surface area (TPSA) is 59.8 Å². The van der Waals surface area contributed by atoms with Crippen LogP contribution in [0.15, 0.2) is 55.1 Å². The predicted molar refractivity (Wildman–Crippen MR) is 102 cm³/mol. The van der Waals surface area contributed by atoms with Crippen LogP contribution < -0.4 is 5.32 Å². The van der Waals surface area contributed by atoms with Crippen LogP contribution in [0.4, 0.5) is 0 Å². The van der Waals surface area contributed by atoms with E-state index in [-0.39, 0.29) is 5.91 Å². The molecule has 0 fully saturated rings. The Labute approximate surface area is 162 Å². The number of nitrogens with zero attached hydrogens (tertiary/aromatic N) is 3. The smallest absolute Gasteiger partial charge is 0.220 e. The van der Waals surface area contributed by atoms with Gasteiger partial charge in [-0.1, -0.05) is 59.6 Å². The van der Waals surface area contributed by atoms with Crippen LogP contribution in [0, 0.1) is 0 Å². The summed E-state index contributed by atoms with van der Waals surface area (Å²) in [5.41, 5.74) is 3.05. The zero-order chi connectivity index (χ0) is 18.4. The first kappa shape index (κ1) is 18.4. The molecule has 0 unspecified atom stereocenters. The second kappa shape index (κ2) is 8.83. The average molecular weight is 389 g/mol. The molecule has 0 spiro atoms. The fraction of sp³-hybridized carbons (Fsp3) is 0.211. The number of nitrogens with one attached hydrogen (secondary N) is 1. The molecule has 5 nitrogen and oxygen atoms in total. The van der Waals surface area contributed by atoms with Crippen LogP contribution in [0.3, 0.4) is 0 Å². The van der Waals surface area contributed by atoms with Gasteiger partial charge in [-0.05, 0) is 29.2 Å². The van der Waals surface area contributed by atoms with Gasteiger partial charge in [0, 0.05) is 13.0 Å². The van der Waals surface area contributed by atoms with Crippen molar-refractivity contribution in [1.82, 2.24) is 20.1 Å². The Morgan fingerprint density at radius 2 is 1.85 bits per heavy atom. The van der Waals surface area contributed by atoms with Gasteiger partial charge in [0.25, 0.3) is 0 Å². The van der Waals surface area contributed by atoms with E-state index in [0.29, 0.717) is 36.0 Å². The van der Waals surface area contributed by atoms with Crippen LogP contribution in [-0.4, -0.2) is 20.7 Å². The lowest BCUT2D eigenvalue weighted by molar-refractivity contribution is -0.121. The third-order valence-electron chi connectivity index (χ3n) is 3.98. The molecule has 0 aliphatic heterocycles. The number of benzene rings is 2. The number of rotatable bonds is 7. The zero-order valence-electron chi connectivity index (χ0n) is 14.0. The van der Waals surface area contributed by atoms with Crippen LogP contribution in [0.25, 0.3) is 0 Å². The molecule has 3 aromatic rings. The molecule has 0 radical (unpaired) electrons. The highest BCUT2D eigenvalue weighted by Gasteiger charge is 2.07. The number of amides is 1. The van der Waals surface area contributed by atoms with Crippen molar-refractivity contribution in [1.29, 1.82) is 0 Å². The molecular weight excluding hydrogens is 371 g/mol. The summed E-state index contributed by atoms with van der Waals surface area (Å²) in [7, 11) is 0. The second-order valence-electron chi connectivity index (χ2n) is 5.90. The summed E-state index contributed by atoms with van der Waals surface area (Å²) in [6, 6.07) is 13.5. The summed E-state index contributed by atoms with van der Waals surface area (Å²) in [5.74, 6) is -0.0206. The number of aromatic nitrogens is 3. The van der Waals surface area contributed by atoms with Gasteiger partial charge in [0.05, 0.1) is 16.6 Å². The van der Waals surface area contributed by atoms with Gasteiger partial charge in [0.1, 0.15) is 12.7 Å². The number of hydrogen-bond donors (Lipinski definition) is 1. The van der Waals surface area contributed by atoms with E-state index in [0.717, 1.165) is 16.7 Å². The van der Waals surface area contributed by atoms with E-state index in [2.05, 4.69) is 15.4 Å². The molecule has 0 bridgehead atoms. The van der Waals surface area contributed by atoms with E-state index >= 15 is 0 Å². The molecule has 0 aliphatic rings. The number of hydrogen-bond acceptors (Lipinski definition) is 3. The molecule has 7 heteroatoms. The number of carbonyl (C=O) groups is 1. The fourth-order valence-electron chi connectivity index (χ4n) is 2.54. The Hall–Kier alpha value is -2.37. The molecule has 0 aliphatic carbocycles. The van der Waals surface area contributed by atoms with Crippen LogP contribution in [-0.2, 0) is 24.3 Å². The molecule has 1 N–H and O–H groups in total. The average Bonchev–Trinajstić information content (AvgIpc) is 3.15. The minimum atomic E-state index is -0.0206. The Balaban J connectivity index is 1.46. The minimum Gasteiger partial charge on any atom is -0.352 e. The minimum absolute atomic E-state index is 0.0206. The Kier molecular flexibility index (Phi) is 6.26. The van der Waals surface area contributed by atoms with E-state index in [1.165, 1.54) is 6.33 Å². The molecule has 0 saturated carbocycles.